The summed E-state index contributed by atoms with van der Waals surface area (Å²) in [6.45, 7) is 4.25. The summed E-state index contributed by atoms with van der Waals surface area (Å²) in [6.07, 6.45) is 1.25. The number of rotatable bonds is 0. The molecule has 0 aromatic carbocycles. The maximum Gasteiger partial charge on any atom is 0.466 e. The van der Waals surface area contributed by atoms with Crippen molar-refractivity contribution in [1.29, 1.82) is 0 Å². The first-order valence-electron chi connectivity index (χ1n) is 2.98. The van der Waals surface area contributed by atoms with Gasteiger partial charge >= 0.3 is 15.6 Å². The molecule has 0 aliphatic carbocycles. The second-order valence-electron chi connectivity index (χ2n) is 1.73. The Labute approximate surface area is 75.3 Å². The standard InChI is InChI=1S/C3H8.2H3O4P/c1-3-2;2*1-5(2,3)4/h3H2,1-2H3;2*(H3,1,2,3,4). The Morgan fingerprint density at radius 1 is 0.769 bits per heavy atom. The van der Waals surface area contributed by atoms with E-state index in [0.29, 0.717) is 0 Å². The van der Waals surface area contributed by atoms with Crippen LogP contribution in [0.5, 0.6) is 0 Å². The van der Waals surface area contributed by atoms with Gasteiger partial charge in [0.25, 0.3) is 0 Å². The second kappa shape index (κ2) is 8.80. The molecule has 0 unspecified atom stereocenters. The van der Waals surface area contributed by atoms with E-state index in [1.807, 2.05) is 0 Å². The molecule has 0 amide bonds. The van der Waals surface area contributed by atoms with Crippen LogP contribution in [0.4, 0.5) is 0 Å². The zero-order valence-corrected chi connectivity index (χ0v) is 8.89. The maximum absolute atomic E-state index is 8.88. The average molecular weight is 240 g/mol. The Morgan fingerprint density at radius 3 is 0.769 bits per heavy atom. The van der Waals surface area contributed by atoms with Crippen LogP contribution >= 0.6 is 15.6 Å². The first-order valence-corrected chi connectivity index (χ1v) is 6.11. The smallest absolute Gasteiger partial charge is 0.303 e. The summed E-state index contributed by atoms with van der Waals surface area (Å²) in [5.41, 5.74) is 0. The molecule has 0 aromatic heterocycles. The molecule has 0 spiro atoms. The molecule has 0 atom stereocenters. The fourth-order valence-corrected chi connectivity index (χ4v) is 0. The van der Waals surface area contributed by atoms with Gasteiger partial charge in [-0.05, 0) is 0 Å². The summed E-state index contributed by atoms with van der Waals surface area (Å²) >= 11 is 0. The molecule has 0 radical (unpaired) electrons. The average Bonchev–Trinajstić information content (AvgIpc) is 1.52. The van der Waals surface area contributed by atoms with Gasteiger partial charge in [-0.1, -0.05) is 20.3 Å². The van der Waals surface area contributed by atoms with Gasteiger partial charge in [-0.3, -0.25) is 0 Å². The number of phosphoric acid groups is 2. The summed E-state index contributed by atoms with van der Waals surface area (Å²) in [5.74, 6) is 0. The third-order valence-electron chi connectivity index (χ3n) is 0. The Hall–Kier alpha value is 0.220. The van der Waals surface area contributed by atoms with Gasteiger partial charge in [0.05, 0.1) is 0 Å². The normalized spacial score (nSPS) is 10.5. The van der Waals surface area contributed by atoms with Crippen molar-refractivity contribution >= 4 is 15.6 Å². The predicted octanol–water partition coefficient (Wildman–Crippen LogP) is -0.441. The van der Waals surface area contributed by atoms with E-state index in [1.165, 1.54) is 6.42 Å². The van der Waals surface area contributed by atoms with Gasteiger partial charge in [-0.25, -0.2) is 9.13 Å². The lowest BCUT2D eigenvalue weighted by Gasteiger charge is -1.82. The van der Waals surface area contributed by atoms with E-state index in [4.69, 9.17) is 38.5 Å². The Bertz CT molecular complexity index is 141. The Balaban J connectivity index is -0.000000120. The van der Waals surface area contributed by atoms with Gasteiger partial charge < -0.3 is 29.4 Å². The largest absolute Gasteiger partial charge is 0.466 e. The fraction of sp³-hybridized carbons (Fsp3) is 1.00. The van der Waals surface area contributed by atoms with Crippen molar-refractivity contribution in [3.8, 4) is 0 Å². The van der Waals surface area contributed by atoms with Crippen LogP contribution in [0.1, 0.15) is 20.3 Å². The van der Waals surface area contributed by atoms with Crippen molar-refractivity contribution in [1.82, 2.24) is 0 Å². The van der Waals surface area contributed by atoms with Gasteiger partial charge in [0.1, 0.15) is 0 Å². The summed E-state index contributed by atoms with van der Waals surface area (Å²) in [6, 6.07) is 0. The molecule has 8 nitrogen and oxygen atoms in total. The van der Waals surface area contributed by atoms with E-state index in [2.05, 4.69) is 13.8 Å². The van der Waals surface area contributed by atoms with Crippen LogP contribution in [0.3, 0.4) is 0 Å². The molecule has 6 N–H and O–H groups in total. The van der Waals surface area contributed by atoms with Crippen molar-refractivity contribution < 1.29 is 38.5 Å². The zero-order valence-electron chi connectivity index (χ0n) is 7.10. The molecule has 13 heavy (non-hydrogen) atoms. The van der Waals surface area contributed by atoms with E-state index < -0.39 is 15.6 Å². The monoisotopic (exact) mass is 240 g/mol. The summed E-state index contributed by atoms with van der Waals surface area (Å²) in [7, 11) is -9.28. The lowest BCUT2D eigenvalue weighted by molar-refractivity contribution is 0.272. The first kappa shape index (κ1) is 18.9. The zero-order chi connectivity index (χ0) is 11.7. The lowest BCUT2D eigenvalue weighted by atomic mass is 10.6. The molecule has 0 heterocycles. The van der Waals surface area contributed by atoms with E-state index in [9.17, 15) is 0 Å². The second-order valence-corrected chi connectivity index (χ2v) is 3.79. The van der Waals surface area contributed by atoms with E-state index in [1.54, 1.807) is 0 Å². The SMILES string of the molecule is CCC.O=P(O)(O)O.O=P(O)(O)O. The van der Waals surface area contributed by atoms with Crippen molar-refractivity contribution in [2.45, 2.75) is 20.3 Å². The van der Waals surface area contributed by atoms with Gasteiger partial charge in [0.2, 0.25) is 0 Å². The van der Waals surface area contributed by atoms with E-state index in [0.717, 1.165) is 0 Å². The topological polar surface area (TPSA) is 156 Å². The minimum absolute atomic E-state index is 1.25. The van der Waals surface area contributed by atoms with E-state index in [-0.39, 0.29) is 0 Å². The minimum Gasteiger partial charge on any atom is -0.303 e. The van der Waals surface area contributed by atoms with Gasteiger partial charge in [-0.2, -0.15) is 0 Å². The summed E-state index contributed by atoms with van der Waals surface area (Å²) in [4.78, 5) is 43.1. The third kappa shape index (κ3) is 26400. The lowest BCUT2D eigenvalue weighted by Crippen LogP contribution is -1.66. The molecule has 0 aliphatic heterocycles. The Morgan fingerprint density at radius 2 is 0.769 bits per heavy atom. The highest BCUT2D eigenvalue weighted by Crippen LogP contribution is 2.26. The van der Waals surface area contributed by atoms with Crippen LogP contribution in [-0.4, -0.2) is 29.4 Å². The molecule has 0 aliphatic rings. The summed E-state index contributed by atoms with van der Waals surface area (Å²) in [5, 5.41) is 0. The molecule has 0 rings (SSSR count). The minimum atomic E-state index is -4.64. The van der Waals surface area contributed by atoms with Crippen LogP contribution in [0, 0.1) is 0 Å². The highest BCUT2D eigenvalue weighted by Gasteiger charge is 2.00. The van der Waals surface area contributed by atoms with Gasteiger partial charge in [0, 0.05) is 0 Å². The van der Waals surface area contributed by atoms with Crippen molar-refractivity contribution in [2.24, 2.45) is 0 Å². The number of hydrogen-bond donors (Lipinski definition) is 6. The van der Waals surface area contributed by atoms with Crippen LogP contribution < -0.4 is 0 Å². The maximum atomic E-state index is 8.88. The molecule has 10 heteroatoms. The highest BCUT2D eigenvalue weighted by molar-refractivity contribution is 7.45. The molecular formula is C3H14O8P2. The van der Waals surface area contributed by atoms with Gasteiger partial charge in [0.15, 0.2) is 0 Å². The first-order chi connectivity index (χ1) is 5.41. The van der Waals surface area contributed by atoms with Crippen molar-refractivity contribution in [2.75, 3.05) is 0 Å². The quantitative estimate of drug-likeness (QED) is 0.311. The Kier molecular flexibility index (Phi) is 12.8. The van der Waals surface area contributed by atoms with Gasteiger partial charge in [-0.15, -0.1) is 0 Å². The molecule has 84 valence electrons. The summed E-state index contributed by atoms with van der Waals surface area (Å²) < 4.78 is 17.8. The van der Waals surface area contributed by atoms with Crippen molar-refractivity contribution in [3.63, 3.8) is 0 Å². The molecule has 0 aromatic rings. The molecular weight excluding hydrogens is 226 g/mol. The van der Waals surface area contributed by atoms with Crippen LogP contribution in [0.25, 0.3) is 0 Å². The molecule has 0 saturated heterocycles. The number of hydrogen-bond acceptors (Lipinski definition) is 2. The third-order valence-corrected chi connectivity index (χ3v) is 0. The molecule has 0 bridgehead atoms. The van der Waals surface area contributed by atoms with Crippen molar-refractivity contribution in [3.05, 3.63) is 0 Å². The molecule has 0 saturated carbocycles. The predicted molar refractivity (Wildman–Crippen MR) is 44.5 cm³/mol. The van der Waals surface area contributed by atoms with Crippen LogP contribution in [0.2, 0.25) is 0 Å². The fourth-order valence-electron chi connectivity index (χ4n) is 0. The van der Waals surface area contributed by atoms with Crippen LogP contribution in [0.15, 0.2) is 0 Å². The molecule has 0 fully saturated rings. The van der Waals surface area contributed by atoms with Crippen LogP contribution in [-0.2, 0) is 9.13 Å². The highest BCUT2D eigenvalue weighted by atomic mass is 31.2. The van der Waals surface area contributed by atoms with E-state index >= 15 is 0 Å².